The van der Waals surface area contributed by atoms with E-state index in [1.165, 1.54) is 20.1 Å². The van der Waals surface area contributed by atoms with E-state index in [2.05, 4.69) is 39.3 Å². The van der Waals surface area contributed by atoms with Crippen molar-refractivity contribution < 1.29 is 27.5 Å². The van der Waals surface area contributed by atoms with E-state index in [-0.39, 0.29) is 52.4 Å². The lowest BCUT2D eigenvalue weighted by molar-refractivity contribution is -0.138. The molecule has 46 heavy (non-hydrogen) atoms. The van der Waals surface area contributed by atoms with Crippen molar-refractivity contribution in [3.05, 3.63) is 75.6 Å². The Morgan fingerprint density at radius 1 is 1.15 bits per heavy atom. The van der Waals surface area contributed by atoms with Gasteiger partial charge in [-0.1, -0.05) is 35.9 Å². The number of aromatic nitrogens is 2. The molecule has 1 saturated heterocycles. The highest BCUT2D eigenvalue weighted by Crippen LogP contribution is 2.41. The SMILES string of the molecule is COc1cc(C(=O)CC2CCN(C(C)C)CC2)c(Cl)cc1Nc1ncc(C(F)(F)F)c(C[C@@H]2Cc3ccccc3[C@H]2NC(C)=O)n1. The number of ether oxygens (including phenoxy) is 1. The summed E-state index contributed by atoms with van der Waals surface area (Å²) in [6.45, 7) is 7.63. The average molecular weight is 658 g/mol. The molecule has 2 N–H and O–H groups in total. The lowest BCUT2D eigenvalue weighted by Crippen LogP contribution is -2.38. The molecule has 0 unspecified atom stereocenters. The van der Waals surface area contributed by atoms with Crippen molar-refractivity contribution in [3.8, 4) is 5.75 Å². The van der Waals surface area contributed by atoms with Crippen LogP contribution in [-0.2, 0) is 23.8 Å². The smallest absolute Gasteiger partial charge is 0.419 e. The van der Waals surface area contributed by atoms with Crippen molar-refractivity contribution in [3.63, 3.8) is 0 Å². The van der Waals surface area contributed by atoms with Gasteiger partial charge in [0, 0.05) is 31.1 Å². The number of halogens is 4. The highest BCUT2D eigenvalue weighted by molar-refractivity contribution is 6.34. The highest BCUT2D eigenvalue weighted by atomic mass is 35.5. The van der Waals surface area contributed by atoms with Crippen LogP contribution in [0.2, 0.25) is 5.02 Å². The van der Waals surface area contributed by atoms with Gasteiger partial charge in [0.1, 0.15) is 5.75 Å². The van der Waals surface area contributed by atoms with Gasteiger partial charge in [-0.25, -0.2) is 9.97 Å². The Hall–Kier alpha value is -3.70. The van der Waals surface area contributed by atoms with Gasteiger partial charge >= 0.3 is 6.18 Å². The van der Waals surface area contributed by atoms with Gasteiger partial charge in [0.05, 0.1) is 35.1 Å². The summed E-state index contributed by atoms with van der Waals surface area (Å²) < 4.78 is 47.9. The Kier molecular flexibility index (Phi) is 10.2. The molecule has 1 aliphatic heterocycles. The molecule has 12 heteroatoms. The van der Waals surface area contributed by atoms with Gasteiger partial charge in [0.2, 0.25) is 11.9 Å². The molecule has 8 nitrogen and oxygen atoms in total. The number of methoxy groups -OCH3 is 1. The van der Waals surface area contributed by atoms with Crippen molar-refractivity contribution >= 4 is 34.9 Å². The first kappa shape index (κ1) is 33.7. The Morgan fingerprint density at radius 3 is 2.52 bits per heavy atom. The second-order valence-electron chi connectivity index (χ2n) is 12.5. The molecule has 2 heterocycles. The maximum atomic E-state index is 14.1. The summed E-state index contributed by atoms with van der Waals surface area (Å²) in [7, 11) is 1.43. The van der Waals surface area contributed by atoms with E-state index in [0.29, 0.717) is 30.1 Å². The number of carbonyl (C=O) groups is 2. The number of hydrogen-bond acceptors (Lipinski definition) is 7. The van der Waals surface area contributed by atoms with Gasteiger partial charge < -0.3 is 20.3 Å². The van der Waals surface area contributed by atoms with E-state index >= 15 is 0 Å². The molecule has 0 spiro atoms. The van der Waals surface area contributed by atoms with Crippen LogP contribution in [0.25, 0.3) is 0 Å². The zero-order chi connectivity index (χ0) is 33.2. The molecular formula is C34H39ClF3N5O3. The highest BCUT2D eigenvalue weighted by Gasteiger charge is 2.39. The second kappa shape index (κ2) is 14.0. The van der Waals surface area contributed by atoms with Crippen LogP contribution in [0.3, 0.4) is 0 Å². The fourth-order valence-corrected chi connectivity index (χ4v) is 6.87. The second-order valence-corrected chi connectivity index (χ2v) is 12.9. The van der Waals surface area contributed by atoms with Crippen LogP contribution in [0.1, 0.15) is 78.8 Å². The number of fused-ring (bicyclic) bond motifs is 1. The summed E-state index contributed by atoms with van der Waals surface area (Å²) in [5.74, 6) is -0.243. The summed E-state index contributed by atoms with van der Waals surface area (Å²) in [5.41, 5.74) is 1.36. The number of likely N-dealkylation sites (tertiary alicyclic amines) is 1. The molecule has 5 rings (SSSR count). The average Bonchev–Trinajstić information content (AvgIpc) is 3.33. The summed E-state index contributed by atoms with van der Waals surface area (Å²) in [6, 6.07) is 10.6. The van der Waals surface area contributed by atoms with Crippen molar-refractivity contribution in [2.24, 2.45) is 11.8 Å². The number of ketones is 1. The number of nitrogens with zero attached hydrogens (tertiary/aromatic N) is 3. The summed E-state index contributed by atoms with van der Waals surface area (Å²) in [4.78, 5) is 35.9. The molecule has 0 radical (unpaired) electrons. The van der Waals surface area contributed by atoms with Crippen LogP contribution < -0.4 is 15.4 Å². The number of rotatable bonds is 10. The van der Waals surface area contributed by atoms with Crippen LogP contribution in [0.15, 0.2) is 42.6 Å². The van der Waals surface area contributed by atoms with Gasteiger partial charge in [-0.05, 0) is 87.7 Å². The minimum absolute atomic E-state index is 0.0485. The molecule has 2 atom stereocenters. The number of alkyl halides is 3. The Balaban J connectivity index is 1.37. The fourth-order valence-electron chi connectivity index (χ4n) is 6.60. The zero-order valence-electron chi connectivity index (χ0n) is 26.4. The van der Waals surface area contributed by atoms with Crippen LogP contribution in [0.5, 0.6) is 5.75 Å². The van der Waals surface area contributed by atoms with Gasteiger partial charge in [-0.3, -0.25) is 9.59 Å². The number of nitrogens with one attached hydrogen (secondary N) is 2. The topological polar surface area (TPSA) is 96.5 Å². The molecule has 1 aliphatic carbocycles. The fraction of sp³-hybridized carbons (Fsp3) is 0.471. The summed E-state index contributed by atoms with van der Waals surface area (Å²) in [5, 5.41) is 6.05. The number of hydrogen-bond donors (Lipinski definition) is 2. The lowest BCUT2D eigenvalue weighted by Gasteiger charge is -2.34. The van der Waals surface area contributed by atoms with E-state index in [4.69, 9.17) is 16.3 Å². The van der Waals surface area contributed by atoms with Gasteiger partial charge in [0.25, 0.3) is 0 Å². The molecule has 0 bridgehead atoms. The summed E-state index contributed by atoms with van der Waals surface area (Å²) >= 11 is 6.58. The number of benzene rings is 2. The molecule has 2 aliphatic rings. The molecule has 1 amide bonds. The molecule has 246 valence electrons. The zero-order valence-corrected chi connectivity index (χ0v) is 27.1. The van der Waals surface area contributed by atoms with E-state index in [0.717, 1.165) is 43.3 Å². The predicted octanol–water partition coefficient (Wildman–Crippen LogP) is 7.19. The number of Topliss-reactive ketones (excluding diaryl/α,β-unsaturated/α-hetero) is 1. The molecule has 1 aromatic heterocycles. The Bertz CT molecular complexity index is 1590. The van der Waals surface area contributed by atoms with Crippen LogP contribution >= 0.6 is 11.6 Å². The third-order valence-electron chi connectivity index (χ3n) is 9.02. The quantitative estimate of drug-likeness (QED) is 0.223. The first-order chi connectivity index (χ1) is 21.8. The molecular weight excluding hydrogens is 619 g/mol. The number of piperidine rings is 1. The minimum Gasteiger partial charge on any atom is -0.495 e. The summed E-state index contributed by atoms with van der Waals surface area (Å²) in [6.07, 6.45) is -1.24. The number of anilines is 2. The maximum absolute atomic E-state index is 14.1. The van der Waals surface area contributed by atoms with Crippen molar-refractivity contribution in [2.45, 2.75) is 71.1 Å². The molecule has 0 saturated carbocycles. The largest absolute Gasteiger partial charge is 0.495 e. The number of amides is 1. The first-order valence-corrected chi connectivity index (χ1v) is 15.9. The minimum atomic E-state index is -4.68. The molecule has 3 aromatic rings. The van der Waals surface area contributed by atoms with Crippen molar-refractivity contribution in [2.75, 3.05) is 25.5 Å². The third kappa shape index (κ3) is 7.63. The van der Waals surface area contributed by atoms with Crippen molar-refractivity contribution in [1.82, 2.24) is 20.2 Å². The van der Waals surface area contributed by atoms with Crippen LogP contribution in [0, 0.1) is 11.8 Å². The van der Waals surface area contributed by atoms with Gasteiger partial charge in [-0.15, -0.1) is 0 Å². The monoisotopic (exact) mass is 657 g/mol. The predicted molar refractivity (Wildman–Crippen MR) is 171 cm³/mol. The number of carbonyl (C=O) groups excluding carboxylic acids is 2. The van der Waals surface area contributed by atoms with E-state index in [1.807, 2.05) is 24.3 Å². The van der Waals surface area contributed by atoms with E-state index in [9.17, 15) is 22.8 Å². The van der Waals surface area contributed by atoms with Gasteiger partial charge in [-0.2, -0.15) is 13.2 Å². The van der Waals surface area contributed by atoms with E-state index in [1.54, 1.807) is 6.07 Å². The lowest BCUT2D eigenvalue weighted by atomic mass is 9.89. The molecule has 2 aromatic carbocycles. The normalized spacial score (nSPS) is 18.8. The van der Waals surface area contributed by atoms with Gasteiger partial charge in [0.15, 0.2) is 5.78 Å². The maximum Gasteiger partial charge on any atom is 0.419 e. The first-order valence-electron chi connectivity index (χ1n) is 15.5. The van der Waals surface area contributed by atoms with E-state index < -0.39 is 17.8 Å². The molecule has 1 fully saturated rings. The van der Waals surface area contributed by atoms with Crippen LogP contribution in [-0.4, -0.2) is 52.8 Å². The Labute approximate surface area is 272 Å². The third-order valence-corrected chi connectivity index (χ3v) is 9.33. The standard InChI is InChI=1S/C34H39ClF3N5O3/c1-19(2)43-11-9-21(10-12-43)13-30(45)25-16-31(46-4)29(17-27(25)35)42-33-39-18-26(34(36,37)38)28(41-33)15-23-14-22-7-5-6-8-24(22)32(23)40-20(3)44/h5-8,16-19,21,23,32H,9-15H2,1-4H3,(H,40,44)(H,39,41,42)/t23-,32-/m0/s1. The van der Waals surface area contributed by atoms with Crippen LogP contribution in [0.4, 0.5) is 24.8 Å². The Morgan fingerprint density at radius 2 is 1.87 bits per heavy atom. The van der Waals surface area contributed by atoms with Crippen molar-refractivity contribution in [1.29, 1.82) is 0 Å².